The van der Waals surface area contributed by atoms with Crippen LogP contribution in [0.3, 0.4) is 0 Å². The van der Waals surface area contributed by atoms with Crippen molar-refractivity contribution in [2.45, 2.75) is 36.7 Å². The van der Waals surface area contributed by atoms with Gasteiger partial charge in [-0.05, 0) is 0 Å². The lowest BCUT2D eigenvalue weighted by atomic mass is 9.99. The monoisotopic (exact) mass is 266 g/mol. The van der Waals surface area contributed by atoms with Gasteiger partial charge in [0, 0.05) is 0 Å². The molecule has 1 saturated heterocycles. The normalized spacial score (nSPS) is 38.4. The number of nitrogens with two attached hydrogens (primary N) is 2. The number of aliphatic hydroxyl groups excluding tert-OH is 4. The quantitative estimate of drug-likeness (QED) is 0.290. The minimum atomic E-state index is -1.54. The van der Waals surface area contributed by atoms with Crippen LogP contribution in [-0.2, 0) is 14.3 Å². The highest BCUT2D eigenvalue weighted by Gasteiger charge is 2.44. The number of aliphatic hydroxyl groups is 4. The van der Waals surface area contributed by atoms with E-state index in [1.165, 1.54) is 0 Å². The third kappa shape index (κ3) is 3.36. The zero-order valence-electron chi connectivity index (χ0n) is 9.55. The van der Waals surface area contributed by atoms with Crippen molar-refractivity contribution in [2.75, 3.05) is 13.2 Å². The topological polar surface area (TPSA) is 168 Å². The fourth-order valence-electron chi connectivity index (χ4n) is 1.49. The summed E-state index contributed by atoms with van der Waals surface area (Å²) >= 11 is 0. The Balaban J connectivity index is 2.56. The minimum absolute atomic E-state index is 0.321. The second kappa shape index (κ2) is 6.38. The third-order valence-corrected chi connectivity index (χ3v) is 2.65. The van der Waals surface area contributed by atoms with Crippen molar-refractivity contribution < 1.29 is 34.7 Å². The van der Waals surface area contributed by atoms with Crippen LogP contribution in [0.15, 0.2) is 0 Å². The standard InChI is InChI=1S/C9H18N2O7/c10-3(8(11)16)2-17-9-7(15)6(14)5(13)4(1-12)18-9/h3-7,9,12-15H,1-2,10H2,(H2,11,16)/t3-,4+,5+,6-,7+,9+/m0/s1. The zero-order valence-corrected chi connectivity index (χ0v) is 9.55. The van der Waals surface area contributed by atoms with E-state index in [0.29, 0.717) is 0 Å². The molecule has 0 spiro atoms. The molecular weight excluding hydrogens is 248 g/mol. The van der Waals surface area contributed by atoms with E-state index >= 15 is 0 Å². The van der Waals surface area contributed by atoms with Crippen LogP contribution in [0.2, 0.25) is 0 Å². The van der Waals surface area contributed by atoms with Crippen LogP contribution >= 0.6 is 0 Å². The predicted octanol–water partition coefficient (Wildman–Crippen LogP) is -4.38. The number of amides is 1. The van der Waals surface area contributed by atoms with Gasteiger partial charge < -0.3 is 41.4 Å². The van der Waals surface area contributed by atoms with Crippen molar-refractivity contribution in [3.05, 3.63) is 0 Å². The molecular formula is C9H18N2O7. The molecule has 9 heteroatoms. The number of rotatable bonds is 5. The zero-order chi connectivity index (χ0) is 13.9. The summed E-state index contributed by atoms with van der Waals surface area (Å²) in [4.78, 5) is 10.7. The van der Waals surface area contributed by atoms with Gasteiger partial charge in [-0.25, -0.2) is 0 Å². The fourth-order valence-corrected chi connectivity index (χ4v) is 1.49. The van der Waals surface area contributed by atoms with Crippen molar-refractivity contribution in [2.24, 2.45) is 11.5 Å². The molecule has 1 amide bonds. The third-order valence-electron chi connectivity index (χ3n) is 2.65. The molecule has 1 rings (SSSR count). The summed E-state index contributed by atoms with van der Waals surface area (Å²) in [5.74, 6) is -0.792. The van der Waals surface area contributed by atoms with Gasteiger partial charge in [-0.1, -0.05) is 0 Å². The van der Waals surface area contributed by atoms with Crippen LogP contribution in [0, 0.1) is 0 Å². The molecule has 1 aliphatic heterocycles. The van der Waals surface area contributed by atoms with Crippen LogP contribution in [0.5, 0.6) is 0 Å². The summed E-state index contributed by atoms with van der Waals surface area (Å²) in [7, 11) is 0. The first kappa shape index (κ1) is 15.2. The van der Waals surface area contributed by atoms with Crippen molar-refractivity contribution >= 4 is 5.91 Å². The number of hydrogen-bond acceptors (Lipinski definition) is 8. The molecule has 0 aliphatic carbocycles. The van der Waals surface area contributed by atoms with Gasteiger partial charge in [-0.3, -0.25) is 4.79 Å². The Bertz CT molecular complexity index is 288. The molecule has 106 valence electrons. The lowest BCUT2D eigenvalue weighted by Crippen LogP contribution is -2.59. The SMILES string of the molecule is NC(=O)[C@@H](N)CO[C@@H]1O[C@H](CO)[C@@H](O)[C@H](O)[C@H]1O. The van der Waals surface area contributed by atoms with Crippen molar-refractivity contribution in [3.63, 3.8) is 0 Å². The Morgan fingerprint density at radius 2 is 1.89 bits per heavy atom. The molecule has 1 fully saturated rings. The lowest BCUT2D eigenvalue weighted by Gasteiger charge is -2.39. The second-order valence-corrected chi connectivity index (χ2v) is 4.04. The Labute approximate surface area is 103 Å². The Hall–Kier alpha value is -0.810. The van der Waals surface area contributed by atoms with Crippen molar-refractivity contribution in [1.82, 2.24) is 0 Å². The van der Waals surface area contributed by atoms with E-state index < -0.39 is 49.3 Å². The van der Waals surface area contributed by atoms with Gasteiger partial charge in [-0.2, -0.15) is 0 Å². The van der Waals surface area contributed by atoms with E-state index in [-0.39, 0.29) is 6.61 Å². The molecule has 0 radical (unpaired) electrons. The van der Waals surface area contributed by atoms with Gasteiger partial charge in [-0.15, -0.1) is 0 Å². The summed E-state index contributed by atoms with van der Waals surface area (Å²) in [5, 5.41) is 37.4. The van der Waals surface area contributed by atoms with E-state index in [1.54, 1.807) is 0 Å². The molecule has 0 aromatic heterocycles. The van der Waals surface area contributed by atoms with E-state index in [9.17, 15) is 20.1 Å². The van der Waals surface area contributed by atoms with Crippen LogP contribution in [0.1, 0.15) is 0 Å². The van der Waals surface area contributed by atoms with E-state index in [2.05, 4.69) is 0 Å². The highest BCUT2D eigenvalue weighted by atomic mass is 16.7. The smallest absolute Gasteiger partial charge is 0.236 e. The number of carbonyl (C=O) groups excluding carboxylic acids is 1. The molecule has 6 atom stereocenters. The molecule has 0 bridgehead atoms. The molecule has 9 nitrogen and oxygen atoms in total. The van der Waals surface area contributed by atoms with Crippen LogP contribution in [0.4, 0.5) is 0 Å². The summed E-state index contributed by atoms with van der Waals surface area (Å²) < 4.78 is 10.0. The number of hydrogen-bond donors (Lipinski definition) is 6. The van der Waals surface area contributed by atoms with Crippen LogP contribution in [-0.4, -0.2) is 76.3 Å². The maximum atomic E-state index is 10.7. The predicted molar refractivity (Wildman–Crippen MR) is 56.9 cm³/mol. The number of primary amides is 1. The highest BCUT2D eigenvalue weighted by molar-refractivity contribution is 5.79. The number of ether oxygens (including phenoxy) is 2. The summed E-state index contributed by atoms with van der Waals surface area (Å²) in [5.41, 5.74) is 10.2. The molecule has 18 heavy (non-hydrogen) atoms. The molecule has 0 aromatic rings. The Morgan fingerprint density at radius 3 is 2.39 bits per heavy atom. The lowest BCUT2D eigenvalue weighted by molar-refractivity contribution is -0.301. The molecule has 1 heterocycles. The molecule has 1 aliphatic rings. The number of carbonyl (C=O) groups is 1. The second-order valence-electron chi connectivity index (χ2n) is 4.04. The van der Waals surface area contributed by atoms with Crippen molar-refractivity contribution in [1.29, 1.82) is 0 Å². The largest absolute Gasteiger partial charge is 0.394 e. The fraction of sp³-hybridized carbons (Fsp3) is 0.889. The van der Waals surface area contributed by atoms with Crippen molar-refractivity contribution in [3.8, 4) is 0 Å². The Kier molecular flexibility index (Phi) is 5.41. The molecule has 8 N–H and O–H groups in total. The first-order valence-electron chi connectivity index (χ1n) is 5.35. The molecule has 0 aromatic carbocycles. The van der Waals surface area contributed by atoms with Gasteiger partial charge in [0.15, 0.2) is 6.29 Å². The average Bonchev–Trinajstić information content (AvgIpc) is 2.34. The average molecular weight is 266 g/mol. The first-order chi connectivity index (χ1) is 8.38. The van der Waals surface area contributed by atoms with Gasteiger partial charge >= 0.3 is 0 Å². The van der Waals surface area contributed by atoms with E-state index in [1.807, 2.05) is 0 Å². The summed E-state index contributed by atoms with van der Waals surface area (Å²) in [6.07, 6.45) is -6.91. The minimum Gasteiger partial charge on any atom is -0.394 e. The maximum absolute atomic E-state index is 10.7. The summed E-state index contributed by atoms with van der Waals surface area (Å²) in [6.45, 7) is -0.884. The maximum Gasteiger partial charge on any atom is 0.236 e. The molecule has 0 unspecified atom stereocenters. The van der Waals surface area contributed by atoms with Gasteiger partial charge in [0.2, 0.25) is 5.91 Å². The van der Waals surface area contributed by atoms with Gasteiger partial charge in [0.25, 0.3) is 0 Å². The molecule has 0 saturated carbocycles. The Morgan fingerprint density at radius 1 is 1.28 bits per heavy atom. The van der Waals surface area contributed by atoms with Crippen LogP contribution in [0.25, 0.3) is 0 Å². The first-order valence-corrected chi connectivity index (χ1v) is 5.35. The highest BCUT2D eigenvalue weighted by Crippen LogP contribution is 2.21. The van der Waals surface area contributed by atoms with Gasteiger partial charge in [0.1, 0.15) is 30.5 Å². The summed E-state index contributed by atoms with van der Waals surface area (Å²) in [6, 6.07) is -1.09. The van der Waals surface area contributed by atoms with Crippen LogP contribution < -0.4 is 11.5 Å². The van der Waals surface area contributed by atoms with Gasteiger partial charge in [0.05, 0.1) is 13.2 Å². The van der Waals surface area contributed by atoms with E-state index in [0.717, 1.165) is 0 Å². The van der Waals surface area contributed by atoms with E-state index in [4.69, 9.17) is 26.0 Å².